The Kier molecular flexibility index (Phi) is 3.26. The van der Waals surface area contributed by atoms with Gasteiger partial charge in [-0.3, -0.25) is 9.59 Å². The molecule has 1 unspecified atom stereocenters. The van der Waals surface area contributed by atoms with Crippen molar-refractivity contribution in [1.82, 2.24) is 10.1 Å². The van der Waals surface area contributed by atoms with Gasteiger partial charge in [-0.1, -0.05) is 5.16 Å². The molecule has 2 rings (SSSR count). The van der Waals surface area contributed by atoms with Crippen LogP contribution in [-0.4, -0.2) is 34.3 Å². The summed E-state index contributed by atoms with van der Waals surface area (Å²) in [4.78, 5) is 25.0. The van der Waals surface area contributed by atoms with Crippen LogP contribution in [0.15, 0.2) is 10.6 Å². The van der Waals surface area contributed by atoms with Crippen molar-refractivity contribution in [3.05, 3.63) is 17.5 Å². The Balaban J connectivity index is 2.10. The second kappa shape index (κ2) is 4.69. The smallest absolute Gasteiger partial charge is 0.276 e. The second-order valence-electron chi connectivity index (χ2n) is 4.52. The van der Waals surface area contributed by atoms with Gasteiger partial charge < -0.3 is 9.42 Å². The minimum absolute atomic E-state index is 0.0250. The Morgan fingerprint density at radius 3 is 2.94 bits per heavy atom. The van der Waals surface area contributed by atoms with Crippen LogP contribution in [0.4, 0.5) is 0 Å². The summed E-state index contributed by atoms with van der Waals surface area (Å²) in [6.45, 7) is 4.00. The Morgan fingerprint density at radius 2 is 2.35 bits per heavy atom. The van der Waals surface area contributed by atoms with Gasteiger partial charge in [0.15, 0.2) is 5.69 Å². The molecule has 5 nitrogen and oxygen atoms in total. The molecule has 1 aliphatic rings. The maximum Gasteiger partial charge on any atom is 0.276 e. The first kappa shape index (κ1) is 11.8. The summed E-state index contributed by atoms with van der Waals surface area (Å²) < 4.78 is 4.90. The molecule has 0 radical (unpaired) electrons. The lowest BCUT2D eigenvalue weighted by Crippen LogP contribution is -2.36. The molecule has 1 aromatic rings. The number of nitrogens with zero attached hydrogens (tertiary/aromatic N) is 2. The van der Waals surface area contributed by atoms with E-state index in [0.29, 0.717) is 24.4 Å². The molecule has 1 atom stereocenters. The summed E-state index contributed by atoms with van der Waals surface area (Å²) in [6.07, 6.45) is 2.27. The molecule has 1 amide bonds. The van der Waals surface area contributed by atoms with E-state index in [1.54, 1.807) is 24.8 Å². The molecule has 1 fully saturated rings. The van der Waals surface area contributed by atoms with E-state index in [4.69, 9.17) is 4.52 Å². The van der Waals surface area contributed by atoms with Crippen LogP contribution >= 0.6 is 0 Å². The molecule has 1 saturated heterocycles. The minimum Gasteiger partial charge on any atom is -0.361 e. The fourth-order valence-electron chi connectivity index (χ4n) is 2.26. The number of ketones is 1. The van der Waals surface area contributed by atoms with Crippen LogP contribution in [0.2, 0.25) is 0 Å². The summed E-state index contributed by atoms with van der Waals surface area (Å²) in [6, 6.07) is 1.66. The molecule has 0 saturated carbocycles. The van der Waals surface area contributed by atoms with E-state index in [0.717, 1.165) is 12.8 Å². The van der Waals surface area contributed by atoms with Crippen LogP contribution in [0.5, 0.6) is 0 Å². The lowest BCUT2D eigenvalue weighted by atomic mass is 10.1. The lowest BCUT2D eigenvalue weighted by molar-refractivity contribution is -0.117. The van der Waals surface area contributed by atoms with E-state index in [2.05, 4.69) is 5.16 Å². The number of aryl methyl sites for hydroxylation is 1. The molecule has 0 N–H and O–H groups in total. The zero-order chi connectivity index (χ0) is 12.4. The topological polar surface area (TPSA) is 63.4 Å². The number of Topliss-reactive ketones (excluding diaryl/α,β-unsaturated/α-hetero) is 1. The molecule has 5 heteroatoms. The maximum absolute atomic E-state index is 12.1. The van der Waals surface area contributed by atoms with Crippen LogP contribution in [0, 0.1) is 6.92 Å². The van der Waals surface area contributed by atoms with Gasteiger partial charge in [0.25, 0.3) is 5.91 Å². The molecular formula is C12H16N2O3. The Hall–Kier alpha value is -1.65. The van der Waals surface area contributed by atoms with E-state index < -0.39 is 0 Å². The fraction of sp³-hybridized carbons (Fsp3) is 0.583. The molecule has 1 aromatic heterocycles. The van der Waals surface area contributed by atoms with Crippen LogP contribution in [0.3, 0.4) is 0 Å². The van der Waals surface area contributed by atoms with E-state index >= 15 is 0 Å². The van der Waals surface area contributed by atoms with Gasteiger partial charge in [0, 0.05) is 25.1 Å². The second-order valence-corrected chi connectivity index (χ2v) is 4.52. The van der Waals surface area contributed by atoms with Crippen LogP contribution < -0.4 is 0 Å². The van der Waals surface area contributed by atoms with Crippen molar-refractivity contribution in [2.75, 3.05) is 6.54 Å². The SMILES string of the molecule is CC(=O)CC1CCCN1C(=O)c1cc(C)on1. The summed E-state index contributed by atoms with van der Waals surface area (Å²) in [7, 11) is 0. The Bertz CT molecular complexity index is 439. The van der Waals surface area contributed by atoms with Crippen molar-refractivity contribution in [1.29, 1.82) is 0 Å². The summed E-state index contributed by atoms with van der Waals surface area (Å²) in [5, 5.41) is 3.72. The van der Waals surface area contributed by atoms with Gasteiger partial charge in [0.1, 0.15) is 11.5 Å². The molecule has 0 bridgehead atoms. The minimum atomic E-state index is -0.134. The molecule has 2 heterocycles. The molecule has 17 heavy (non-hydrogen) atoms. The number of hydrogen-bond acceptors (Lipinski definition) is 4. The first-order valence-corrected chi connectivity index (χ1v) is 5.81. The number of carbonyl (C=O) groups is 2. The molecular weight excluding hydrogens is 220 g/mol. The summed E-state index contributed by atoms with van der Waals surface area (Å²) in [5.74, 6) is 0.604. The molecule has 1 aliphatic heterocycles. The molecule has 0 aliphatic carbocycles. The monoisotopic (exact) mass is 236 g/mol. The zero-order valence-electron chi connectivity index (χ0n) is 10.1. The largest absolute Gasteiger partial charge is 0.361 e. The third-order valence-electron chi connectivity index (χ3n) is 3.01. The van der Waals surface area contributed by atoms with E-state index in [-0.39, 0.29) is 17.7 Å². The third kappa shape index (κ3) is 2.54. The Morgan fingerprint density at radius 1 is 1.59 bits per heavy atom. The van der Waals surface area contributed by atoms with E-state index in [9.17, 15) is 9.59 Å². The van der Waals surface area contributed by atoms with Crippen LogP contribution in [0.25, 0.3) is 0 Å². The van der Waals surface area contributed by atoms with Crippen molar-refractivity contribution < 1.29 is 14.1 Å². The highest BCUT2D eigenvalue weighted by molar-refractivity contribution is 5.93. The van der Waals surface area contributed by atoms with Crippen molar-refractivity contribution in [3.8, 4) is 0 Å². The fourth-order valence-corrected chi connectivity index (χ4v) is 2.26. The highest BCUT2D eigenvalue weighted by atomic mass is 16.5. The first-order valence-electron chi connectivity index (χ1n) is 5.81. The summed E-state index contributed by atoms with van der Waals surface area (Å²) in [5.41, 5.74) is 0.331. The zero-order valence-corrected chi connectivity index (χ0v) is 10.1. The number of amides is 1. The quantitative estimate of drug-likeness (QED) is 0.799. The predicted octanol–water partition coefficient (Wildman–Crippen LogP) is 1.57. The van der Waals surface area contributed by atoms with Crippen molar-refractivity contribution in [2.24, 2.45) is 0 Å². The molecule has 0 spiro atoms. The van der Waals surface area contributed by atoms with Gasteiger partial charge >= 0.3 is 0 Å². The number of aromatic nitrogens is 1. The standard InChI is InChI=1S/C12H16N2O3/c1-8(15)6-10-4-3-5-14(10)12(16)11-7-9(2)17-13-11/h7,10H,3-6H2,1-2H3. The lowest BCUT2D eigenvalue weighted by Gasteiger charge is -2.22. The highest BCUT2D eigenvalue weighted by Crippen LogP contribution is 2.22. The number of rotatable bonds is 3. The average molecular weight is 236 g/mol. The van der Waals surface area contributed by atoms with E-state index in [1.165, 1.54) is 0 Å². The van der Waals surface area contributed by atoms with Gasteiger partial charge in [0.05, 0.1) is 0 Å². The van der Waals surface area contributed by atoms with Gasteiger partial charge in [-0.05, 0) is 26.7 Å². The predicted molar refractivity (Wildman–Crippen MR) is 60.6 cm³/mol. The Labute approximate surface area is 99.8 Å². The summed E-state index contributed by atoms with van der Waals surface area (Å²) >= 11 is 0. The highest BCUT2D eigenvalue weighted by Gasteiger charge is 2.31. The van der Waals surface area contributed by atoms with Crippen molar-refractivity contribution in [3.63, 3.8) is 0 Å². The maximum atomic E-state index is 12.1. The van der Waals surface area contributed by atoms with Gasteiger partial charge in [0.2, 0.25) is 0 Å². The van der Waals surface area contributed by atoms with E-state index in [1.807, 2.05) is 0 Å². The molecule has 92 valence electrons. The van der Waals surface area contributed by atoms with Gasteiger partial charge in [-0.25, -0.2) is 0 Å². The average Bonchev–Trinajstić information content (AvgIpc) is 2.85. The van der Waals surface area contributed by atoms with Gasteiger partial charge in [-0.2, -0.15) is 0 Å². The third-order valence-corrected chi connectivity index (χ3v) is 3.01. The molecule has 0 aromatic carbocycles. The number of likely N-dealkylation sites (tertiary alicyclic amines) is 1. The van der Waals surface area contributed by atoms with Crippen LogP contribution in [0.1, 0.15) is 42.4 Å². The van der Waals surface area contributed by atoms with Gasteiger partial charge in [-0.15, -0.1) is 0 Å². The normalized spacial score (nSPS) is 19.6. The number of carbonyl (C=O) groups excluding carboxylic acids is 2. The number of hydrogen-bond donors (Lipinski definition) is 0. The first-order chi connectivity index (χ1) is 8.08. The van der Waals surface area contributed by atoms with Crippen molar-refractivity contribution in [2.45, 2.75) is 39.2 Å². The van der Waals surface area contributed by atoms with Crippen molar-refractivity contribution >= 4 is 11.7 Å². The van der Waals surface area contributed by atoms with Crippen LogP contribution in [-0.2, 0) is 4.79 Å².